The summed E-state index contributed by atoms with van der Waals surface area (Å²) in [6, 6.07) is 0.621. The van der Waals surface area contributed by atoms with Crippen molar-refractivity contribution in [2.45, 2.75) is 32.7 Å². The van der Waals surface area contributed by atoms with Crippen molar-refractivity contribution in [3.8, 4) is 5.88 Å². The van der Waals surface area contributed by atoms with Gasteiger partial charge in [0.15, 0.2) is 0 Å². The number of hydrogen-bond donors (Lipinski definition) is 1. The predicted molar refractivity (Wildman–Crippen MR) is 72.1 cm³/mol. The minimum absolute atomic E-state index is 0.621. The summed E-state index contributed by atoms with van der Waals surface area (Å²) in [5, 5.41) is 3.42. The van der Waals surface area contributed by atoms with Gasteiger partial charge in [-0.15, -0.1) is 0 Å². The van der Waals surface area contributed by atoms with E-state index < -0.39 is 0 Å². The number of rotatable bonds is 5. The van der Waals surface area contributed by atoms with E-state index in [0.717, 1.165) is 24.5 Å². The van der Waals surface area contributed by atoms with Crippen LogP contribution < -0.4 is 10.1 Å². The van der Waals surface area contributed by atoms with Crippen LogP contribution in [0.15, 0.2) is 6.33 Å². The van der Waals surface area contributed by atoms with Crippen molar-refractivity contribution >= 4 is 5.82 Å². The largest absolute Gasteiger partial charge is 0.481 e. The molecule has 5 heteroatoms. The molecule has 1 unspecified atom stereocenters. The molecule has 1 aliphatic heterocycles. The van der Waals surface area contributed by atoms with Crippen LogP contribution in [0.4, 0.5) is 5.82 Å². The molecule has 1 saturated heterocycles. The van der Waals surface area contributed by atoms with Gasteiger partial charge in [0, 0.05) is 12.6 Å². The van der Waals surface area contributed by atoms with Crippen molar-refractivity contribution in [2.75, 3.05) is 32.1 Å². The summed E-state index contributed by atoms with van der Waals surface area (Å²) in [5.74, 6) is 1.52. The van der Waals surface area contributed by atoms with Crippen LogP contribution in [-0.2, 0) is 0 Å². The number of methoxy groups -OCH3 is 1. The molecule has 0 amide bonds. The molecule has 0 spiro atoms. The standard InChI is InChI=1S/C13H22N4O/c1-4-17-7-5-6-11(17)8-14-12-10(2)13(18-3)16-9-15-12/h9,11H,4-8H2,1-3H3,(H,14,15,16). The van der Waals surface area contributed by atoms with Crippen molar-refractivity contribution in [2.24, 2.45) is 0 Å². The van der Waals surface area contributed by atoms with E-state index >= 15 is 0 Å². The molecule has 18 heavy (non-hydrogen) atoms. The molecule has 0 bridgehead atoms. The molecule has 1 aromatic heterocycles. The molecule has 5 nitrogen and oxygen atoms in total. The second-order valence-corrected chi connectivity index (χ2v) is 4.66. The first kappa shape index (κ1) is 13.1. The van der Waals surface area contributed by atoms with Gasteiger partial charge in [-0.2, -0.15) is 0 Å². The van der Waals surface area contributed by atoms with Crippen LogP contribution in [-0.4, -0.2) is 47.7 Å². The van der Waals surface area contributed by atoms with Gasteiger partial charge in [0.25, 0.3) is 0 Å². The zero-order chi connectivity index (χ0) is 13.0. The van der Waals surface area contributed by atoms with Gasteiger partial charge in [-0.3, -0.25) is 4.90 Å². The van der Waals surface area contributed by atoms with Gasteiger partial charge >= 0.3 is 0 Å². The maximum absolute atomic E-state index is 5.20. The molecular weight excluding hydrogens is 228 g/mol. The molecule has 0 aromatic carbocycles. The third-order valence-electron chi connectivity index (χ3n) is 3.64. The van der Waals surface area contributed by atoms with Crippen LogP contribution in [0.25, 0.3) is 0 Å². The average Bonchev–Trinajstić information content (AvgIpc) is 2.85. The predicted octanol–water partition coefficient (Wildman–Crippen LogP) is 1.69. The lowest BCUT2D eigenvalue weighted by Crippen LogP contribution is -2.34. The maximum Gasteiger partial charge on any atom is 0.221 e. The molecule has 2 heterocycles. The number of hydrogen-bond acceptors (Lipinski definition) is 5. The Hall–Kier alpha value is -1.36. The minimum atomic E-state index is 0.621. The normalized spacial score (nSPS) is 20.1. The Morgan fingerprint density at radius 3 is 3.06 bits per heavy atom. The van der Waals surface area contributed by atoms with Crippen molar-refractivity contribution in [3.63, 3.8) is 0 Å². The van der Waals surface area contributed by atoms with Crippen LogP contribution >= 0.6 is 0 Å². The second-order valence-electron chi connectivity index (χ2n) is 4.66. The van der Waals surface area contributed by atoms with Gasteiger partial charge in [0.1, 0.15) is 12.1 Å². The Morgan fingerprint density at radius 1 is 1.50 bits per heavy atom. The zero-order valence-corrected chi connectivity index (χ0v) is 11.4. The summed E-state index contributed by atoms with van der Waals surface area (Å²) in [6.45, 7) is 7.48. The van der Waals surface area contributed by atoms with Crippen molar-refractivity contribution in [3.05, 3.63) is 11.9 Å². The molecule has 1 fully saturated rings. The monoisotopic (exact) mass is 250 g/mol. The maximum atomic E-state index is 5.20. The molecule has 0 radical (unpaired) electrons. The van der Waals surface area contributed by atoms with Gasteiger partial charge < -0.3 is 10.1 Å². The molecule has 1 aliphatic rings. The number of likely N-dealkylation sites (N-methyl/N-ethyl adjacent to an activating group) is 1. The lowest BCUT2D eigenvalue weighted by molar-refractivity contribution is 0.277. The summed E-state index contributed by atoms with van der Waals surface area (Å²) in [7, 11) is 1.63. The van der Waals surface area contributed by atoms with Gasteiger partial charge in [0.05, 0.1) is 12.7 Å². The van der Waals surface area contributed by atoms with E-state index in [2.05, 4.69) is 27.1 Å². The van der Waals surface area contributed by atoms with Crippen molar-refractivity contribution in [1.82, 2.24) is 14.9 Å². The molecule has 0 saturated carbocycles. The zero-order valence-electron chi connectivity index (χ0n) is 11.4. The number of likely N-dealkylation sites (tertiary alicyclic amines) is 1. The Kier molecular flexibility index (Phi) is 4.36. The van der Waals surface area contributed by atoms with Crippen LogP contribution in [0.3, 0.4) is 0 Å². The Bertz CT molecular complexity index is 397. The first-order chi connectivity index (χ1) is 8.76. The summed E-state index contributed by atoms with van der Waals surface area (Å²) in [6.07, 6.45) is 4.11. The number of ether oxygens (including phenoxy) is 1. The first-order valence-corrected chi connectivity index (χ1v) is 6.59. The second kappa shape index (κ2) is 6.00. The van der Waals surface area contributed by atoms with E-state index in [4.69, 9.17) is 4.74 Å². The summed E-state index contributed by atoms with van der Waals surface area (Å²) < 4.78 is 5.20. The van der Waals surface area contributed by atoms with E-state index in [0.29, 0.717) is 11.9 Å². The average molecular weight is 250 g/mol. The number of nitrogens with one attached hydrogen (secondary N) is 1. The number of aromatic nitrogens is 2. The van der Waals surface area contributed by atoms with Crippen LogP contribution in [0, 0.1) is 6.92 Å². The number of nitrogens with zero attached hydrogens (tertiary/aromatic N) is 3. The fourth-order valence-corrected chi connectivity index (χ4v) is 2.58. The van der Waals surface area contributed by atoms with E-state index in [1.54, 1.807) is 13.4 Å². The Morgan fingerprint density at radius 2 is 2.33 bits per heavy atom. The third kappa shape index (κ3) is 2.72. The van der Waals surface area contributed by atoms with Gasteiger partial charge in [-0.1, -0.05) is 6.92 Å². The molecule has 100 valence electrons. The number of anilines is 1. The Labute approximate surface area is 109 Å². The summed E-state index contributed by atoms with van der Waals surface area (Å²) in [4.78, 5) is 10.9. The van der Waals surface area contributed by atoms with Crippen molar-refractivity contribution < 1.29 is 4.74 Å². The molecule has 1 N–H and O–H groups in total. The minimum Gasteiger partial charge on any atom is -0.481 e. The van der Waals surface area contributed by atoms with E-state index in [9.17, 15) is 0 Å². The molecular formula is C13H22N4O. The summed E-state index contributed by atoms with van der Waals surface area (Å²) >= 11 is 0. The highest BCUT2D eigenvalue weighted by molar-refractivity contribution is 5.47. The van der Waals surface area contributed by atoms with Gasteiger partial charge in [-0.05, 0) is 32.9 Å². The van der Waals surface area contributed by atoms with Crippen LogP contribution in [0.5, 0.6) is 5.88 Å². The molecule has 1 atom stereocenters. The van der Waals surface area contributed by atoms with E-state index in [1.807, 2.05) is 6.92 Å². The highest BCUT2D eigenvalue weighted by Gasteiger charge is 2.22. The smallest absolute Gasteiger partial charge is 0.221 e. The molecule has 2 rings (SSSR count). The quantitative estimate of drug-likeness (QED) is 0.862. The lowest BCUT2D eigenvalue weighted by Gasteiger charge is -2.23. The SMILES string of the molecule is CCN1CCCC1CNc1ncnc(OC)c1C. The lowest BCUT2D eigenvalue weighted by atomic mass is 10.2. The molecule has 0 aliphatic carbocycles. The van der Waals surface area contributed by atoms with Crippen LogP contribution in [0.1, 0.15) is 25.3 Å². The van der Waals surface area contributed by atoms with Gasteiger partial charge in [-0.25, -0.2) is 9.97 Å². The first-order valence-electron chi connectivity index (χ1n) is 6.59. The van der Waals surface area contributed by atoms with E-state index in [-0.39, 0.29) is 0 Å². The summed E-state index contributed by atoms with van der Waals surface area (Å²) in [5.41, 5.74) is 0.973. The third-order valence-corrected chi connectivity index (χ3v) is 3.64. The van der Waals surface area contributed by atoms with Crippen LogP contribution in [0.2, 0.25) is 0 Å². The fourth-order valence-electron chi connectivity index (χ4n) is 2.58. The van der Waals surface area contributed by atoms with E-state index in [1.165, 1.54) is 19.4 Å². The Balaban J connectivity index is 1.98. The highest BCUT2D eigenvalue weighted by atomic mass is 16.5. The van der Waals surface area contributed by atoms with Gasteiger partial charge in [0.2, 0.25) is 5.88 Å². The topological polar surface area (TPSA) is 50.3 Å². The van der Waals surface area contributed by atoms with Crippen molar-refractivity contribution in [1.29, 1.82) is 0 Å². The highest BCUT2D eigenvalue weighted by Crippen LogP contribution is 2.21. The fraction of sp³-hybridized carbons (Fsp3) is 0.692. The molecule has 1 aromatic rings.